The van der Waals surface area contributed by atoms with Crippen LogP contribution in [-0.2, 0) is 0 Å². The number of hydrogen-bond donors (Lipinski definition) is 0. The van der Waals surface area contributed by atoms with Crippen LogP contribution in [0, 0.1) is 5.75 Å². The molecule has 0 aromatic rings. The molecular formula is C4H7LiS2. The maximum atomic E-state index is 2.27. The van der Waals surface area contributed by atoms with Gasteiger partial charge in [0.05, 0.1) is 0 Å². The van der Waals surface area contributed by atoms with E-state index in [9.17, 15) is 0 Å². The summed E-state index contributed by atoms with van der Waals surface area (Å²) in [6.07, 6.45) is 2.70. The standard InChI is InChI=1S/C4H7S2.Li/c1-2-4-6-5-3-1;/h3H,1-2,4H2;/q-1;+1. The van der Waals surface area contributed by atoms with E-state index >= 15 is 0 Å². The van der Waals surface area contributed by atoms with Crippen molar-refractivity contribution in [3.8, 4) is 0 Å². The maximum absolute atomic E-state index is 2.27. The fourth-order valence-corrected chi connectivity index (χ4v) is 2.33. The maximum Gasteiger partial charge on any atom is 1.00 e. The Labute approximate surface area is 64.8 Å². The number of rotatable bonds is 0. The predicted molar refractivity (Wildman–Crippen MR) is 33.6 cm³/mol. The molecule has 0 spiro atoms. The van der Waals surface area contributed by atoms with Gasteiger partial charge in [-0.25, -0.2) is 0 Å². The number of hydrogen-bond acceptors (Lipinski definition) is 2. The molecule has 0 atom stereocenters. The van der Waals surface area contributed by atoms with Crippen LogP contribution in [0.1, 0.15) is 12.8 Å². The van der Waals surface area contributed by atoms with Crippen LogP contribution in [0.15, 0.2) is 0 Å². The van der Waals surface area contributed by atoms with Crippen LogP contribution in [0.4, 0.5) is 0 Å². The first kappa shape index (κ1) is 8.30. The second-order valence-electron chi connectivity index (χ2n) is 1.23. The van der Waals surface area contributed by atoms with Crippen molar-refractivity contribution in [2.45, 2.75) is 12.8 Å². The molecule has 36 valence electrons. The van der Waals surface area contributed by atoms with Crippen LogP contribution in [0.2, 0.25) is 0 Å². The summed E-state index contributed by atoms with van der Waals surface area (Å²) in [4.78, 5) is 0. The van der Waals surface area contributed by atoms with E-state index in [2.05, 4.69) is 5.75 Å². The Balaban J connectivity index is 0.000000360. The van der Waals surface area contributed by atoms with E-state index < -0.39 is 0 Å². The molecule has 0 aliphatic carbocycles. The summed E-state index contributed by atoms with van der Waals surface area (Å²) in [5.74, 6) is 3.62. The van der Waals surface area contributed by atoms with Crippen LogP contribution >= 0.6 is 21.6 Å². The van der Waals surface area contributed by atoms with E-state index in [4.69, 9.17) is 0 Å². The second-order valence-corrected chi connectivity index (χ2v) is 3.68. The zero-order valence-corrected chi connectivity index (χ0v) is 6.15. The summed E-state index contributed by atoms with van der Waals surface area (Å²) in [6, 6.07) is 0. The van der Waals surface area contributed by atoms with Gasteiger partial charge in [0.25, 0.3) is 0 Å². The van der Waals surface area contributed by atoms with Gasteiger partial charge in [0.2, 0.25) is 0 Å². The Bertz CT molecular complexity index is 25.2. The summed E-state index contributed by atoms with van der Waals surface area (Å²) in [5, 5.41) is 0. The fraction of sp³-hybridized carbons (Fsp3) is 0.750. The quantitative estimate of drug-likeness (QED) is 0.240. The minimum Gasteiger partial charge on any atom is -0.284 e. The fourth-order valence-electron chi connectivity index (χ4n) is 0.370. The second kappa shape index (κ2) is 5.43. The van der Waals surface area contributed by atoms with E-state index in [1.807, 2.05) is 21.6 Å². The Morgan fingerprint density at radius 3 is 2.43 bits per heavy atom. The third kappa shape index (κ3) is 3.85. The smallest absolute Gasteiger partial charge is 0.284 e. The topological polar surface area (TPSA) is 0 Å². The van der Waals surface area contributed by atoms with Gasteiger partial charge >= 0.3 is 18.9 Å². The first-order valence-electron chi connectivity index (χ1n) is 2.10. The molecule has 1 fully saturated rings. The zero-order valence-electron chi connectivity index (χ0n) is 4.52. The van der Waals surface area contributed by atoms with Gasteiger partial charge in [0.1, 0.15) is 0 Å². The Kier molecular flexibility index (Phi) is 6.44. The minimum absolute atomic E-state index is 0. The first-order chi connectivity index (χ1) is 3.00. The van der Waals surface area contributed by atoms with E-state index in [-0.39, 0.29) is 18.9 Å². The molecular weight excluding hydrogens is 119 g/mol. The van der Waals surface area contributed by atoms with Crippen molar-refractivity contribution in [1.29, 1.82) is 0 Å². The van der Waals surface area contributed by atoms with Crippen molar-refractivity contribution in [3.05, 3.63) is 5.75 Å². The molecule has 0 aromatic heterocycles. The third-order valence-electron chi connectivity index (χ3n) is 0.686. The van der Waals surface area contributed by atoms with Gasteiger partial charge in [-0.15, -0.1) is 10.8 Å². The van der Waals surface area contributed by atoms with Crippen molar-refractivity contribution in [2.24, 2.45) is 0 Å². The molecule has 1 saturated heterocycles. The molecule has 1 rings (SSSR count). The van der Waals surface area contributed by atoms with Gasteiger partial charge in [-0.1, -0.05) is 6.42 Å². The zero-order chi connectivity index (χ0) is 4.24. The molecule has 0 bridgehead atoms. The van der Waals surface area contributed by atoms with Gasteiger partial charge in [-0.3, -0.25) is 16.5 Å². The molecule has 0 nitrogen and oxygen atoms in total. The van der Waals surface area contributed by atoms with Crippen molar-refractivity contribution in [3.63, 3.8) is 0 Å². The van der Waals surface area contributed by atoms with Gasteiger partial charge < -0.3 is 0 Å². The molecule has 3 heteroatoms. The Morgan fingerprint density at radius 2 is 2.29 bits per heavy atom. The molecule has 0 amide bonds. The summed E-state index contributed by atoms with van der Waals surface area (Å²) < 4.78 is 0. The average molecular weight is 126 g/mol. The molecule has 1 aliphatic rings. The molecule has 0 unspecified atom stereocenters. The molecule has 0 saturated carbocycles. The van der Waals surface area contributed by atoms with Gasteiger partial charge in [-0.05, 0) is 5.75 Å². The summed E-state index contributed by atoms with van der Waals surface area (Å²) >= 11 is 0. The summed E-state index contributed by atoms with van der Waals surface area (Å²) in [7, 11) is 3.84. The minimum atomic E-state index is 0. The molecule has 0 aromatic carbocycles. The average Bonchev–Trinajstić information content (AvgIpc) is 1.72. The largest absolute Gasteiger partial charge is 1.00 e. The summed E-state index contributed by atoms with van der Waals surface area (Å²) in [5.41, 5.74) is 0. The molecule has 1 heterocycles. The van der Waals surface area contributed by atoms with Crippen molar-refractivity contribution in [2.75, 3.05) is 5.75 Å². The van der Waals surface area contributed by atoms with Crippen LogP contribution in [0.3, 0.4) is 0 Å². The Morgan fingerprint density at radius 1 is 1.43 bits per heavy atom. The van der Waals surface area contributed by atoms with Crippen LogP contribution in [0.25, 0.3) is 0 Å². The molecule has 1 aliphatic heterocycles. The van der Waals surface area contributed by atoms with E-state index in [1.54, 1.807) is 0 Å². The molecule has 0 radical (unpaired) electrons. The van der Waals surface area contributed by atoms with Gasteiger partial charge in [-0.2, -0.15) is 6.42 Å². The molecule has 0 N–H and O–H groups in total. The van der Waals surface area contributed by atoms with Crippen molar-refractivity contribution in [1.82, 2.24) is 0 Å². The van der Waals surface area contributed by atoms with Gasteiger partial charge in [0.15, 0.2) is 0 Å². The first-order valence-corrected chi connectivity index (χ1v) is 4.48. The van der Waals surface area contributed by atoms with Gasteiger partial charge in [0, 0.05) is 0 Å². The van der Waals surface area contributed by atoms with E-state index in [0.717, 1.165) is 0 Å². The van der Waals surface area contributed by atoms with E-state index in [0.29, 0.717) is 0 Å². The van der Waals surface area contributed by atoms with Crippen LogP contribution in [-0.4, -0.2) is 5.75 Å². The molecule has 7 heavy (non-hydrogen) atoms. The SMILES string of the molecule is [CH-]1CCCSS1.[Li+]. The van der Waals surface area contributed by atoms with Crippen LogP contribution < -0.4 is 18.9 Å². The Hall–Kier alpha value is 1.30. The normalized spacial score (nSPS) is 20.6. The monoisotopic (exact) mass is 126 g/mol. The third-order valence-corrected chi connectivity index (χ3v) is 2.97. The van der Waals surface area contributed by atoms with Crippen molar-refractivity contribution >= 4 is 21.6 Å². The predicted octanol–water partition coefficient (Wildman–Crippen LogP) is -0.673. The van der Waals surface area contributed by atoms with Crippen LogP contribution in [0.5, 0.6) is 0 Å². The van der Waals surface area contributed by atoms with E-state index in [1.165, 1.54) is 18.6 Å². The summed E-state index contributed by atoms with van der Waals surface area (Å²) in [6.45, 7) is 0. The van der Waals surface area contributed by atoms with Crippen molar-refractivity contribution < 1.29 is 18.9 Å².